The number of benzene rings is 2. The Labute approximate surface area is 174 Å². The number of aliphatic hydroxyl groups is 1. The summed E-state index contributed by atoms with van der Waals surface area (Å²) >= 11 is 0. The zero-order valence-corrected chi connectivity index (χ0v) is 16.5. The minimum atomic E-state index is -1.23. The predicted molar refractivity (Wildman–Crippen MR) is 112 cm³/mol. The van der Waals surface area contributed by atoms with Gasteiger partial charge in [0.05, 0.1) is 23.2 Å². The van der Waals surface area contributed by atoms with Crippen molar-refractivity contribution in [2.45, 2.75) is 37.3 Å². The second-order valence-electron chi connectivity index (χ2n) is 8.11. The maximum atomic E-state index is 12.9. The molecule has 0 bridgehead atoms. The normalized spacial score (nSPS) is 17.8. The van der Waals surface area contributed by atoms with Gasteiger partial charge in [-0.1, -0.05) is 60.7 Å². The summed E-state index contributed by atoms with van der Waals surface area (Å²) in [6.45, 7) is 0.600. The predicted octanol–water partition coefficient (Wildman–Crippen LogP) is 2.47. The van der Waals surface area contributed by atoms with E-state index in [9.17, 15) is 14.7 Å². The van der Waals surface area contributed by atoms with Crippen LogP contribution in [0.2, 0.25) is 0 Å². The number of carbonyl (C=O) groups is 1. The maximum Gasteiger partial charge on any atom is 0.256 e. The van der Waals surface area contributed by atoms with E-state index < -0.39 is 12.0 Å². The summed E-state index contributed by atoms with van der Waals surface area (Å²) in [5, 5.41) is 10.5. The molecule has 1 aliphatic carbocycles. The van der Waals surface area contributed by atoms with E-state index in [2.05, 4.69) is 17.1 Å². The van der Waals surface area contributed by atoms with Crippen molar-refractivity contribution in [1.82, 2.24) is 14.9 Å². The molecule has 2 heterocycles. The van der Waals surface area contributed by atoms with Crippen LogP contribution in [0.25, 0.3) is 0 Å². The smallest absolute Gasteiger partial charge is 0.256 e. The van der Waals surface area contributed by atoms with Gasteiger partial charge in [0.15, 0.2) is 6.10 Å². The zero-order valence-electron chi connectivity index (χ0n) is 16.5. The Morgan fingerprint density at radius 1 is 1.07 bits per heavy atom. The van der Waals surface area contributed by atoms with E-state index in [1.54, 1.807) is 29.2 Å². The minimum Gasteiger partial charge on any atom is -0.378 e. The number of aliphatic hydroxyl groups excluding tert-OH is 1. The standard InChI is InChI=1S/C24H23N3O3/c28-20(16-7-3-1-4-8-16)22(30)27-14-11-19-18(15-27)21(29)26-23(25-19)24(12-13-24)17-9-5-2-6-10-17/h1-10,20,28H,11-15H2,(H,25,26,29)/t20-/m1/s1. The number of amides is 1. The molecule has 1 saturated carbocycles. The number of nitrogens with one attached hydrogen (secondary N) is 1. The number of carbonyl (C=O) groups excluding carboxylic acids is 1. The zero-order chi connectivity index (χ0) is 20.7. The van der Waals surface area contributed by atoms with Gasteiger partial charge in [-0.3, -0.25) is 9.59 Å². The fourth-order valence-electron chi connectivity index (χ4n) is 4.34. The van der Waals surface area contributed by atoms with Crippen molar-refractivity contribution in [1.29, 1.82) is 0 Å². The number of aromatic amines is 1. The molecule has 0 unspecified atom stereocenters. The Kier molecular flexibility index (Phi) is 4.51. The van der Waals surface area contributed by atoms with Crippen LogP contribution in [0.4, 0.5) is 0 Å². The van der Waals surface area contributed by atoms with Gasteiger partial charge in [0, 0.05) is 13.0 Å². The lowest BCUT2D eigenvalue weighted by atomic mass is 9.94. The molecule has 0 radical (unpaired) electrons. The van der Waals surface area contributed by atoms with Crippen LogP contribution in [-0.2, 0) is 23.2 Å². The van der Waals surface area contributed by atoms with E-state index in [1.165, 1.54) is 5.56 Å². The molecule has 30 heavy (non-hydrogen) atoms. The highest BCUT2D eigenvalue weighted by molar-refractivity contribution is 5.82. The number of hydrogen-bond acceptors (Lipinski definition) is 4. The molecule has 2 aromatic carbocycles. The van der Waals surface area contributed by atoms with Gasteiger partial charge in [-0.05, 0) is 24.0 Å². The molecule has 3 aromatic rings. The number of aromatic nitrogens is 2. The first kappa shape index (κ1) is 18.8. The molecule has 1 aromatic heterocycles. The van der Waals surface area contributed by atoms with Gasteiger partial charge >= 0.3 is 0 Å². The van der Waals surface area contributed by atoms with Gasteiger partial charge in [0.2, 0.25) is 0 Å². The van der Waals surface area contributed by atoms with E-state index in [1.807, 2.05) is 24.3 Å². The average molecular weight is 401 g/mol. The Balaban J connectivity index is 1.41. The van der Waals surface area contributed by atoms with Gasteiger partial charge in [0.1, 0.15) is 5.82 Å². The van der Waals surface area contributed by atoms with Gasteiger partial charge in [-0.15, -0.1) is 0 Å². The summed E-state index contributed by atoms with van der Waals surface area (Å²) in [5.41, 5.74) is 2.60. The summed E-state index contributed by atoms with van der Waals surface area (Å²) < 4.78 is 0. The van der Waals surface area contributed by atoms with Crippen LogP contribution in [0.1, 0.15) is 47.2 Å². The van der Waals surface area contributed by atoms with Crippen LogP contribution in [-0.4, -0.2) is 32.4 Å². The summed E-state index contributed by atoms with van der Waals surface area (Å²) in [4.78, 5) is 35.0. The molecular weight excluding hydrogens is 378 g/mol. The van der Waals surface area contributed by atoms with Crippen LogP contribution in [0.3, 0.4) is 0 Å². The number of rotatable bonds is 4. The Hall–Kier alpha value is -3.25. The van der Waals surface area contributed by atoms with Crippen molar-refractivity contribution in [2.24, 2.45) is 0 Å². The van der Waals surface area contributed by atoms with Crippen LogP contribution in [0.5, 0.6) is 0 Å². The van der Waals surface area contributed by atoms with Gasteiger partial charge in [-0.2, -0.15) is 0 Å². The van der Waals surface area contributed by atoms with Crippen molar-refractivity contribution < 1.29 is 9.90 Å². The molecule has 5 rings (SSSR count). The summed E-state index contributed by atoms with van der Waals surface area (Å²) in [6.07, 6.45) is 1.20. The first-order valence-corrected chi connectivity index (χ1v) is 10.3. The first-order chi connectivity index (χ1) is 14.6. The van der Waals surface area contributed by atoms with Crippen molar-refractivity contribution in [3.05, 3.63) is 99.2 Å². The van der Waals surface area contributed by atoms with Crippen molar-refractivity contribution in [3.8, 4) is 0 Å². The molecule has 1 fully saturated rings. The topological polar surface area (TPSA) is 86.3 Å². The molecular formula is C24H23N3O3. The molecule has 1 aliphatic heterocycles. The van der Waals surface area contributed by atoms with E-state index in [0.29, 0.717) is 24.1 Å². The lowest BCUT2D eigenvalue weighted by Crippen LogP contribution is -2.42. The third-order valence-corrected chi connectivity index (χ3v) is 6.26. The molecule has 2 N–H and O–H groups in total. The molecule has 6 nitrogen and oxygen atoms in total. The summed E-state index contributed by atoms with van der Waals surface area (Å²) in [7, 11) is 0. The maximum absolute atomic E-state index is 12.9. The number of H-pyrrole nitrogens is 1. The highest BCUT2D eigenvalue weighted by Crippen LogP contribution is 2.51. The average Bonchev–Trinajstić information content (AvgIpc) is 3.61. The van der Waals surface area contributed by atoms with E-state index in [0.717, 1.165) is 24.4 Å². The number of hydrogen-bond donors (Lipinski definition) is 2. The fraction of sp³-hybridized carbons (Fsp3) is 0.292. The molecule has 0 saturated heterocycles. The first-order valence-electron chi connectivity index (χ1n) is 10.3. The van der Waals surface area contributed by atoms with E-state index in [-0.39, 0.29) is 17.5 Å². The SMILES string of the molecule is O=C([C@H](O)c1ccccc1)N1CCc2nc(C3(c4ccccc4)CC3)[nH]c(=O)c2C1. The number of nitrogens with zero attached hydrogens (tertiary/aromatic N) is 2. The van der Waals surface area contributed by atoms with E-state index >= 15 is 0 Å². The van der Waals surface area contributed by atoms with Crippen LogP contribution in [0.15, 0.2) is 65.5 Å². The molecule has 6 heteroatoms. The molecule has 152 valence electrons. The van der Waals surface area contributed by atoms with Crippen LogP contribution >= 0.6 is 0 Å². The fourth-order valence-corrected chi connectivity index (χ4v) is 4.34. The second-order valence-corrected chi connectivity index (χ2v) is 8.11. The highest BCUT2D eigenvalue weighted by Gasteiger charge is 2.48. The van der Waals surface area contributed by atoms with Gasteiger partial charge in [-0.25, -0.2) is 4.98 Å². The Morgan fingerprint density at radius 2 is 1.73 bits per heavy atom. The molecule has 2 aliphatic rings. The second kappa shape index (κ2) is 7.22. The summed E-state index contributed by atoms with van der Waals surface area (Å²) in [5.74, 6) is 0.333. The lowest BCUT2D eigenvalue weighted by Gasteiger charge is -2.30. The Morgan fingerprint density at radius 3 is 2.40 bits per heavy atom. The molecule has 1 amide bonds. The van der Waals surface area contributed by atoms with Crippen molar-refractivity contribution in [2.75, 3.05) is 6.54 Å². The van der Waals surface area contributed by atoms with Crippen LogP contribution < -0.4 is 5.56 Å². The Bertz CT molecular complexity index is 1140. The minimum absolute atomic E-state index is 0.166. The highest BCUT2D eigenvalue weighted by atomic mass is 16.3. The van der Waals surface area contributed by atoms with Gasteiger partial charge < -0.3 is 15.0 Å². The molecule has 1 atom stereocenters. The van der Waals surface area contributed by atoms with Gasteiger partial charge in [0.25, 0.3) is 11.5 Å². The summed E-state index contributed by atoms with van der Waals surface area (Å²) in [6, 6.07) is 19.0. The lowest BCUT2D eigenvalue weighted by molar-refractivity contribution is -0.141. The quantitative estimate of drug-likeness (QED) is 0.703. The third-order valence-electron chi connectivity index (χ3n) is 6.26. The van der Waals surface area contributed by atoms with Crippen molar-refractivity contribution in [3.63, 3.8) is 0 Å². The van der Waals surface area contributed by atoms with E-state index in [4.69, 9.17) is 4.98 Å². The number of fused-ring (bicyclic) bond motifs is 1. The third kappa shape index (κ3) is 3.13. The monoisotopic (exact) mass is 401 g/mol. The largest absolute Gasteiger partial charge is 0.378 e. The van der Waals surface area contributed by atoms with Crippen molar-refractivity contribution >= 4 is 5.91 Å². The van der Waals surface area contributed by atoms with Crippen LogP contribution in [0, 0.1) is 0 Å². The molecule has 0 spiro atoms.